The third-order valence-corrected chi connectivity index (χ3v) is 2.97. The molecule has 1 rings (SSSR count). The van der Waals surface area contributed by atoms with Crippen LogP contribution in [0, 0.1) is 0 Å². The zero-order chi connectivity index (χ0) is 14.6. The van der Waals surface area contributed by atoms with Crippen molar-refractivity contribution in [3.63, 3.8) is 0 Å². The van der Waals surface area contributed by atoms with Crippen molar-refractivity contribution in [1.29, 1.82) is 0 Å². The van der Waals surface area contributed by atoms with Crippen LogP contribution in [0.4, 0.5) is 4.79 Å². The van der Waals surface area contributed by atoms with Gasteiger partial charge >= 0.3 is 6.09 Å². The van der Waals surface area contributed by atoms with Crippen molar-refractivity contribution in [2.45, 2.75) is 45.9 Å². The van der Waals surface area contributed by atoms with Crippen molar-refractivity contribution in [3.8, 4) is 0 Å². The van der Waals surface area contributed by atoms with Crippen LogP contribution in [0.25, 0.3) is 0 Å². The monoisotopic (exact) mass is 329 g/mol. The van der Waals surface area contributed by atoms with Gasteiger partial charge in [-0.05, 0) is 51.0 Å². The number of amides is 1. The highest BCUT2D eigenvalue weighted by atomic mass is 79.9. The Morgan fingerprint density at radius 3 is 2.63 bits per heavy atom. The van der Waals surface area contributed by atoms with Crippen LogP contribution in [0.3, 0.4) is 0 Å². The number of benzene rings is 1. The van der Waals surface area contributed by atoms with Crippen LogP contribution < -0.4 is 5.32 Å². The molecule has 1 atom stereocenters. The van der Waals surface area contributed by atoms with Crippen LogP contribution in [0.2, 0.25) is 0 Å². The summed E-state index contributed by atoms with van der Waals surface area (Å²) in [5, 5.41) is 12.1. The van der Waals surface area contributed by atoms with E-state index in [-0.39, 0.29) is 12.6 Å². The number of alkyl carbamates (subject to hydrolysis) is 1. The lowest BCUT2D eigenvalue weighted by Gasteiger charge is -2.23. The third kappa shape index (κ3) is 5.20. The number of hydrogen-bond donors (Lipinski definition) is 2. The van der Waals surface area contributed by atoms with E-state index < -0.39 is 11.7 Å². The van der Waals surface area contributed by atoms with Crippen LogP contribution in [-0.4, -0.2) is 16.8 Å². The first-order chi connectivity index (χ1) is 8.73. The summed E-state index contributed by atoms with van der Waals surface area (Å²) in [6, 6.07) is 5.35. The predicted molar refractivity (Wildman–Crippen MR) is 77.8 cm³/mol. The zero-order valence-electron chi connectivity index (χ0n) is 11.7. The molecule has 19 heavy (non-hydrogen) atoms. The Morgan fingerprint density at radius 1 is 1.47 bits per heavy atom. The predicted octanol–water partition coefficient (Wildman–Crippen LogP) is 3.53. The summed E-state index contributed by atoms with van der Waals surface area (Å²) in [5.74, 6) is 0. The molecule has 1 amide bonds. The average Bonchev–Trinajstić information content (AvgIpc) is 2.25. The number of hydrogen-bond acceptors (Lipinski definition) is 3. The number of rotatable bonds is 3. The van der Waals surface area contributed by atoms with E-state index in [4.69, 9.17) is 4.74 Å². The van der Waals surface area contributed by atoms with E-state index in [9.17, 15) is 9.90 Å². The van der Waals surface area contributed by atoms with E-state index in [0.29, 0.717) is 0 Å². The Balaban J connectivity index is 2.78. The average molecular weight is 330 g/mol. The molecule has 0 radical (unpaired) electrons. The van der Waals surface area contributed by atoms with E-state index >= 15 is 0 Å². The zero-order valence-corrected chi connectivity index (χ0v) is 13.2. The fourth-order valence-electron chi connectivity index (χ4n) is 1.70. The van der Waals surface area contributed by atoms with Gasteiger partial charge in [0, 0.05) is 4.47 Å². The van der Waals surface area contributed by atoms with E-state index in [1.54, 1.807) is 0 Å². The van der Waals surface area contributed by atoms with E-state index in [0.717, 1.165) is 15.6 Å². The molecule has 1 aromatic carbocycles. The van der Waals surface area contributed by atoms with Gasteiger partial charge in [0.1, 0.15) is 5.60 Å². The maximum absolute atomic E-state index is 11.7. The van der Waals surface area contributed by atoms with E-state index in [2.05, 4.69) is 21.2 Å². The first kappa shape index (κ1) is 16.0. The van der Waals surface area contributed by atoms with Gasteiger partial charge in [-0.1, -0.05) is 22.0 Å². The van der Waals surface area contributed by atoms with Gasteiger partial charge < -0.3 is 15.2 Å². The second kappa shape index (κ2) is 6.39. The Kier molecular flexibility index (Phi) is 5.38. The standard InChI is InChI=1S/C14H20BrNO3/c1-9(16-13(18)19-14(2,3)4)12-6-5-11(15)7-10(12)8-17/h5-7,9,17H,8H2,1-4H3,(H,16,18)/t9-/m1/s1. The summed E-state index contributed by atoms with van der Waals surface area (Å²) in [6.07, 6.45) is -0.466. The van der Waals surface area contributed by atoms with Gasteiger partial charge in [-0.3, -0.25) is 0 Å². The van der Waals surface area contributed by atoms with Crippen molar-refractivity contribution in [2.24, 2.45) is 0 Å². The molecule has 0 saturated heterocycles. The van der Waals surface area contributed by atoms with Crippen LogP contribution in [0.5, 0.6) is 0 Å². The van der Waals surface area contributed by atoms with E-state index in [1.807, 2.05) is 45.9 Å². The minimum Gasteiger partial charge on any atom is -0.444 e. The Bertz CT molecular complexity index is 454. The summed E-state index contributed by atoms with van der Waals surface area (Å²) in [6.45, 7) is 7.23. The van der Waals surface area contributed by atoms with Crippen molar-refractivity contribution in [3.05, 3.63) is 33.8 Å². The minimum atomic E-state index is -0.524. The molecule has 5 heteroatoms. The maximum Gasteiger partial charge on any atom is 0.408 e. The van der Waals surface area contributed by atoms with Crippen molar-refractivity contribution in [1.82, 2.24) is 5.32 Å². The Hall–Kier alpha value is -1.07. The van der Waals surface area contributed by atoms with Crippen LogP contribution in [0.15, 0.2) is 22.7 Å². The number of aliphatic hydroxyl groups is 1. The highest BCUT2D eigenvalue weighted by Crippen LogP contribution is 2.22. The van der Waals surface area contributed by atoms with Crippen molar-refractivity contribution >= 4 is 22.0 Å². The molecule has 0 aliphatic rings. The quantitative estimate of drug-likeness (QED) is 0.891. The number of carbonyl (C=O) groups is 1. The molecule has 0 aromatic heterocycles. The minimum absolute atomic E-state index is 0.0743. The molecule has 0 heterocycles. The number of aliphatic hydroxyl groups excluding tert-OH is 1. The molecule has 106 valence electrons. The van der Waals surface area contributed by atoms with Gasteiger partial charge in [-0.15, -0.1) is 0 Å². The van der Waals surface area contributed by atoms with Gasteiger partial charge in [0.2, 0.25) is 0 Å². The van der Waals surface area contributed by atoms with Crippen molar-refractivity contribution in [2.75, 3.05) is 0 Å². The molecule has 2 N–H and O–H groups in total. The maximum atomic E-state index is 11.7. The van der Waals surface area contributed by atoms with Crippen LogP contribution in [0.1, 0.15) is 44.9 Å². The van der Waals surface area contributed by atoms with Crippen LogP contribution >= 0.6 is 15.9 Å². The highest BCUT2D eigenvalue weighted by Gasteiger charge is 2.19. The molecule has 4 nitrogen and oxygen atoms in total. The van der Waals surface area contributed by atoms with Gasteiger partial charge in [-0.2, -0.15) is 0 Å². The molecule has 0 unspecified atom stereocenters. The molecule has 0 spiro atoms. The van der Waals surface area contributed by atoms with Crippen molar-refractivity contribution < 1.29 is 14.6 Å². The molecule has 0 bridgehead atoms. The summed E-state index contributed by atoms with van der Waals surface area (Å²) in [4.78, 5) is 11.7. The number of halogens is 1. The summed E-state index contributed by atoms with van der Waals surface area (Å²) < 4.78 is 6.10. The lowest BCUT2D eigenvalue weighted by atomic mass is 10.0. The van der Waals surface area contributed by atoms with Crippen LogP contribution in [-0.2, 0) is 11.3 Å². The second-order valence-electron chi connectivity index (χ2n) is 5.37. The number of carbonyl (C=O) groups excluding carboxylic acids is 1. The second-order valence-corrected chi connectivity index (χ2v) is 6.28. The normalized spacial score (nSPS) is 12.9. The van der Waals surface area contributed by atoms with E-state index in [1.165, 1.54) is 0 Å². The first-order valence-electron chi connectivity index (χ1n) is 6.11. The van der Waals surface area contributed by atoms with Gasteiger partial charge in [0.15, 0.2) is 0 Å². The summed E-state index contributed by atoms with van der Waals surface area (Å²) in [5.41, 5.74) is 1.12. The molecule has 0 saturated carbocycles. The first-order valence-corrected chi connectivity index (χ1v) is 6.91. The Morgan fingerprint density at radius 2 is 2.11 bits per heavy atom. The summed E-state index contributed by atoms with van der Waals surface area (Å²) in [7, 11) is 0. The SMILES string of the molecule is C[C@@H](NC(=O)OC(C)(C)C)c1ccc(Br)cc1CO. The summed E-state index contributed by atoms with van der Waals surface area (Å²) >= 11 is 3.35. The molecule has 0 fully saturated rings. The highest BCUT2D eigenvalue weighted by molar-refractivity contribution is 9.10. The molecule has 1 aromatic rings. The topological polar surface area (TPSA) is 58.6 Å². The molecule has 0 aliphatic heterocycles. The lowest BCUT2D eigenvalue weighted by Crippen LogP contribution is -2.34. The van der Waals surface area contributed by atoms with Gasteiger partial charge in [0.05, 0.1) is 12.6 Å². The lowest BCUT2D eigenvalue weighted by molar-refractivity contribution is 0.0507. The fourth-order valence-corrected chi connectivity index (χ4v) is 2.10. The smallest absolute Gasteiger partial charge is 0.408 e. The number of ether oxygens (including phenoxy) is 1. The van der Waals surface area contributed by atoms with Gasteiger partial charge in [0.25, 0.3) is 0 Å². The Labute approximate surface area is 122 Å². The fraction of sp³-hybridized carbons (Fsp3) is 0.500. The van der Waals surface area contributed by atoms with Gasteiger partial charge in [-0.25, -0.2) is 4.79 Å². The third-order valence-electron chi connectivity index (χ3n) is 2.48. The molecular weight excluding hydrogens is 310 g/mol. The molecular formula is C14H20BrNO3. The molecule has 0 aliphatic carbocycles. The largest absolute Gasteiger partial charge is 0.444 e. The number of nitrogens with one attached hydrogen (secondary N) is 1.